The molecule has 0 spiro atoms. The van der Waals surface area contributed by atoms with Crippen LogP contribution < -0.4 is 5.32 Å². The zero-order valence-corrected chi connectivity index (χ0v) is 10.3. The summed E-state index contributed by atoms with van der Waals surface area (Å²) in [5.74, 6) is -0.203. The lowest BCUT2D eigenvalue weighted by atomic mass is 10.4. The van der Waals surface area contributed by atoms with Crippen molar-refractivity contribution >= 4 is 17.2 Å². The van der Waals surface area contributed by atoms with Crippen molar-refractivity contribution < 1.29 is 14.3 Å². The number of rotatable bonds is 7. The average Bonchev–Trinajstić information content (AvgIpc) is 2.79. The summed E-state index contributed by atoms with van der Waals surface area (Å²) in [6.45, 7) is 5.20. The number of hydrogen-bond acceptors (Lipinski definition) is 5. The van der Waals surface area contributed by atoms with E-state index in [1.54, 1.807) is 10.9 Å². The van der Waals surface area contributed by atoms with Crippen molar-refractivity contribution in [1.82, 2.24) is 10.3 Å². The van der Waals surface area contributed by atoms with Crippen molar-refractivity contribution in [1.29, 1.82) is 0 Å². The van der Waals surface area contributed by atoms with E-state index in [9.17, 15) is 4.79 Å². The summed E-state index contributed by atoms with van der Waals surface area (Å²) in [4.78, 5) is 15.5. The highest BCUT2D eigenvalue weighted by atomic mass is 32.1. The summed E-state index contributed by atoms with van der Waals surface area (Å²) >= 11 is 1.39. The summed E-state index contributed by atoms with van der Waals surface area (Å²) in [6, 6.07) is 0. The second kappa shape index (κ2) is 7.32. The lowest BCUT2D eigenvalue weighted by Crippen LogP contribution is -2.35. The first-order valence-electron chi connectivity index (χ1n) is 5.17. The fourth-order valence-electron chi connectivity index (χ4n) is 1.13. The average molecular weight is 244 g/mol. The maximum absolute atomic E-state index is 11.5. The Morgan fingerprint density at radius 1 is 1.50 bits per heavy atom. The Morgan fingerprint density at radius 3 is 2.69 bits per heavy atom. The molecule has 1 N–H and O–H groups in total. The lowest BCUT2D eigenvalue weighted by Gasteiger charge is -2.16. The van der Waals surface area contributed by atoms with Crippen molar-refractivity contribution in [3.05, 3.63) is 16.6 Å². The summed E-state index contributed by atoms with van der Waals surface area (Å²) < 4.78 is 10.6. The van der Waals surface area contributed by atoms with E-state index in [1.807, 2.05) is 13.8 Å². The van der Waals surface area contributed by atoms with Gasteiger partial charge in [-0.05, 0) is 13.8 Å². The van der Waals surface area contributed by atoms with Crippen molar-refractivity contribution in [3.63, 3.8) is 0 Å². The van der Waals surface area contributed by atoms with Crippen LogP contribution in [0.1, 0.15) is 24.3 Å². The van der Waals surface area contributed by atoms with Crippen molar-refractivity contribution in [2.45, 2.75) is 20.1 Å². The Kier molecular flexibility index (Phi) is 5.99. The number of aromatic nitrogens is 1. The molecule has 0 fully saturated rings. The number of ether oxygens (including phenoxy) is 2. The van der Waals surface area contributed by atoms with Crippen LogP contribution in [0.5, 0.6) is 0 Å². The molecule has 0 unspecified atom stereocenters. The van der Waals surface area contributed by atoms with Crippen LogP contribution >= 0.6 is 11.3 Å². The van der Waals surface area contributed by atoms with Gasteiger partial charge in [0.25, 0.3) is 5.91 Å². The predicted octanol–water partition coefficient (Wildman–Crippen LogP) is 1.27. The van der Waals surface area contributed by atoms with Crippen LogP contribution in [0.4, 0.5) is 0 Å². The monoisotopic (exact) mass is 244 g/mol. The highest BCUT2D eigenvalue weighted by Gasteiger charge is 2.12. The van der Waals surface area contributed by atoms with E-state index in [1.165, 1.54) is 11.3 Å². The van der Waals surface area contributed by atoms with Gasteiger partial charge in [0, 0.05) is 18.6 Å². The van der Waals surface area contributed by atoms with Crippen LogP contribution in [0.25, 0.3) is 0 Å². The molecular weight excluding hydrogens is 228 g/mol. The Balaban J connectivity index is 2.34. The molecule has 0 bridgehead atoms. The van der Waals surface area contributed by atoms with Gasteiger partial charge in [-0.15, -0.1) is 11.3 Å². The topological polar surface area (TPSA) is 60.5 Å². The maximum atomic E-state index is 11.5. The lowest BCUT2D eigenvalue weighted by molar-refractivity contribution is -0.131. The van der Waals surface area contributed by atoms with Gasteiger partial charge in [-0.1, -0.05) is 0 Å². The molecule has 0 saturated heterocycles. The molecule has 1 aromatic rings. The minimum absolute atomic E-state index is 0.203. The molecule has 0 aliphatic heterocycles. The molecule has 0 aromatic carbocycles. The van der Waals surface area contributed by atoms with Crippen LogP contribution in [0.15, 0.2) is 10.9 Å². The Bertz CT molecular complexity index is 297. The molecular formula is C10H16N2O3S. The quantitative estimate of drug-likeness (QED) is 0.734. The Morgan fingerprint density at radius 2 is 2.19 bits per heavy atom. The smallest absolute Gasteiger partial charge is 0.270 e. The van der Waals surface area contributed by atoms with Crippen LogP contribution in [0.2, 0.25) is 0 Å². The van der Waals surface area contributed by atoms with E-state index in [-0.39, 0.29) is 5.91 Å². The van der Waals surface area contributed by atoms with Gasteiger partial charge in [0.1, 0.15) is 5.69 Å². The minimum Gasteiger partial charge on any atom is -0.351 e. The first-order chi connectivity index (χ1) is 7.77. The van der Waals surface area contributed by atoms with Crippen LogP contribution in [-0.4, -0.2) is 36.9 Å². The number of carbonyl (C=O) groups excluding carboxylic acids is 1. The molecule has 90 valence electrons. The molecule has 0 saturated carbocycles. The molecule has 1 aromatic heterocycles. The van der Waals surface area contributed by atoms with Crippen molar-refractivity contribution in [3.8, 4) is 0 Å². The Labute approximate surface area is 98.8 Å². The first-order valence-corrected chi connectivity index (χ1v) is 6.11. The largest absolute Gasteiger partial charge is 0.351 e. The summed E-state index contributed by atoms with van der Waals surface area (Å²) in [6.07, 6.45) is -0.391. The number of thiazole rings is 1. The molecule has 0 aliphatic carbocycles. The highest BCUT2D eigenvalue weighted by molar-refractivity contribution is 7.07. The standard InChI is InChI=1S/C10H16N2O3S/c1-3-14-9(15-4-2)5-11-10(13)8-6-16-7-12-8/h6-7,9H,3-5H2,1-2H3,(H,11,13). The maximum Gasteiger partial charge on any atom is 0.270 e. The minimum atomic E-state index is -0.391. The van der Waals surface area contributed by atoms with Crippen LogP contribution in [-0.2, 0) is 9.47 Å². The highest BCUT2D eigenvalue weighted by Crippen LogP contribution is 2.01. The van der Waals surface area contributed by atoms with E-state index in [0.717, 1.165) is 0 Å². The van der Waals surface area contributed by atoms with Gasteiger partial charge in [0.2, 0.25) is 0 Å². The molecule has 0 radical (unpaired) electrons. The molecule has 0 atom stereocenters. The van der Waals surface area contributed by atoms with E-state index in [2.05, 4.69) is 10.3 Å². The number of nitrogens with zero attached hydrogens (tertiary/aromatic N) is 1. The van der Waals surface area contributed by atoms with E-state index in [0.29, 0.717) is 25.5 Å². The van der Waals surface area contributed by atoms with E-state index < -0.39 is 6.29 Å². The second-order valence-electron chi connectivity index (χ2n) is 2.92. The molecule has 1 amide bonds. The molecule has 0 aliphatic rings. The third-order valence-electron chi connectivity index (χ3n) is 1.80. The molecule has 1 heterocycles. The van der Waals surface area contributed by atoms with Crippen molar-refractivity contribution in [2.75, 3.05) is 19.8 Å². The fourth-order valence-corrected chi connectivity index (χ4v) is 1.66. The van der Waals surface area contributed by atoms with Crippen LogP contribution in [0, 0.1) is 0 Å². The second-order valence-corrected chi connectivity index (χ2v) is 3.64. The zero-order chi connectivity index (χ0) is 11.8. The SMILES string of the molecule is CCOC(CNC(=O)c1cscn1)OCC. The summed E-state index contributed by atoms with van der Waals surface area (Å²) in [5.41, 5.74) is 2.05. The molecule has 6 heteroatoms. The van der Waals surface area contributed by atoms with Gasteiger partial charge in [0.15, 0.2) is 6.29 Å². The van der Waals surface area contributed by atoms with E-state index >= 15 is 0 Å². The van der Waals surface area contributed by atoms with Gasteiger partial charge in [0.05, 0.1) is 12.1 Å². The molecule has 1 rings (SSSR count). The number of amides is 1. The van der Waals surface area contributed by atoms with Gasteiger partial charge < -0.3 is 14.8 Å². The van der Waals surface area contributed by atoms with Crippen molar-refractivity contribution in [2.24, 2.45) is 0 Å². The van der Waals surface area contributed by atoms with Gasteiger partial charge in [-0.3, -0.25) is 4.79 Å². The number of carbonyl (C=O) groups is 1. The third kappa shape index (κ3) is 4.26. The Hall–Kier alpha value is -0.980. The van der Waals surface area contributed by atoms with Gasteiger partial charge in [-0.2, -0.15) is 0 Å². The summed E-state index contributed by atoms with van der Waals surface area (Å²) in [7, 11) is 0. The first kappa shape index (κ1) is 13.1. The van der Waals surface area contributed by atoms with E-state index in [4.69, 9.17) is 9.47 Å². The normalized spacial score (nSPS) is 10.7. The number of nitrogens with one attached hydrogen (secondary N) is 1. The van der Waals surface area contributed by atoms with Crippen LogP contribution in [0.3, 0.4) is 0 Å². The van der Waals surface area contributed by atoms with Gasteiger partial charge in [-0.25, -0.2) is 4.98 Å². The fraction of sp³-hybridized carbons (Fsp3) is 0.600. The third-order valence-corrected chi connectivity index (χ3v) is 2.39. The molecule has 16 heavy (non-hydrogen) atoms. The zero-order valence-electron chi connectivity index (χ0n) is 9.43. The molecule has 5 nitrogen and oxygen atoms in total. The number of hydrogen-bond donors (Lipinski definition) is 1. The van der Waals surface area contributed by atoms with Gasteiger partial charge >= 0.3 is 0 Å². The predicted molar refractivity (Wildman–Crippen MR) is 61.5 cm³/mol. The summed E-state index contributed by atoms with van der Waals surface area (Å²) in [5, 5.41) is 4.41.